The molecule has 2 rings (SSSR count). The number of anilines is 1. The van der Waals surface area contributed by atoms with E-state index in [-0.39, 0.29) is 5.56 Å². The standard InChI is InChI=1S/C19H18F3NO5/c1-3-27-16-10-12(8-9-15(16)26-2)18(25)28-11-17(24)23-14-7-5-4-6-13(14)19(20,21)22/h4-10H,3,11H2,1-2H3,(H,23,24). The molecule has 0 aliphatic rings. The molecule has 6 nitrogen and oxygen atoms in total. The van der Waals surface area contributed by atoms with Crippen LogP contribution in [-0.4, -0.2) is 32.2 Å². The molecule has 0 aromatic heterocycles. The highest BCUT2D eigenvalue weighted by atomic mass is 19.4. The van der Waals surface area contributed by atoms with E-state index in [1.165, 1.54) is 37.4 Å². The second-order valence-corrected chi connectivity index (χ2v) is 5.47. The summed E-state index contributed by atoms with van der Waals surface area (Å²) < 4.78 is 54.1. The Morgan fingerprint density at radius 3 is 2.43 bits per heavy atom. The predicted octanol–water partition coefficient (Wildman–Crippen LogP) is 3.91. The van der Waals surface area contributed by atoms with Crippen molar-refractivity contribution < 1.29 is 37.0 Å². The van der Waals surface area contributed by atoms with Gasteiger partial charge in [-0.2, -0.15) is 13.2 Å². The van der Waals surface area contributed by atoms with Gasteiger partial charge in [0, 0.05) is 0 Å². The Labute approximate surface area is 159 Å². The molecule has 0 fully saturated rings. The van der Waals surface area contributed by atoms with Crippen LogP contribution in [0.4, 0.5) is 18.9 Å². The first kappa shape index (κ1) is 21.1. The first-order valence-corrected chi connectivity index (χ1v) is 8.20. The fourth-order valence-corrected chi connectivity index (χ4v) is 2.31. The minimum atomic E-state index is -4.63. The smallest absolute Gasteiger partial charge is 0.418 e. The second kappa shape index (κ2) is 9.12. The summed E-state index contributed by atoms with van der Waals surface area (Å²) in [6.07, 6.45) is -4.63. The van der Waals surface area contributed by atoms with Gasteiger partial charge in [0.05, 0.1) is 30.5 Å². The maximum Gasteiger partial charge on any atom is 0.418 e. The zero-order valence-corrected chi connectivity index (χ0v) is 15.1. The maximum atomic E-state index is 12.9. The number of esters is 1. The van der Waals surface area contributed by atoms with E-state index in [0.29, 0.717) is 18.1 Å². The summed E-state index contributed by atoms with van der Waals surface area (Å²) in [5, 5.41) is 2.09. The van der Waals surface area contributed by atoms with Gasteiger partial charge < -0.3 is 19.5 Å². The van der Waals surface area contributed by atoms with Crippen LogP contribution in [0, 0.1) is 0 Å². The van der Waals surface area contributed by atoms with Crippen molar-refractivity contribution in [2.45, 2.75) is 13.1 Å². The van der Waals surface area contributed by atoms with Crippen LogP contribution in [0.5, 0.6) is 11.5 Å². The van der Waals surface area contributed by atoms with Crippen molar-refractivity contribution in [3.8, 4) is 11.5 Å². The number of amides is 1. The van der Waals surface area contributed by atoms with Gasteiger partial charge in [-0.25, -0.2) is 4.79 Å². The number of hydrogen-bond donors (Lipinski definition) is 1. The minimum Gasteiger partial charge on any atom is -0.493 e. The molecule has 0 aliphatic carbocycles. The van der Waals surface area contributed by atoms with Crippen LogP contribution < -0.4 is 14.8 Å². The SMILES string of the molecule is CCOc1cc(C(=O)OCC(=O)Nc2ccccc2C(F)(F)F)ccc1OC. The van der Waals surface area contributed by atoms with E-state index in [4.69, 9.17) is 14.2 Å². The van der Waals surface area contributed by atoms with E-state index in [0.717, 1.165) is 12.1 Å². The maximum absolute atomic E-state index is 12.9. The summed E-state index contributed by atoms with van der Waals surface area (Å²) in [6, 6.07) is 8.82. The Bertz CT molecular complexity index is 852. The first-order chi connectivity index (χ1) is 13.3. The first-order valence-electron chi connectivity index (χ1n) is 8.20. The van der Waals surface area contributed by atoms with Gasteiger partial charge in [0.2, 0.25) is 0 Å². The summed E-state index contributed by atoms with van der Waals surface area (Å²) in [6.45, 7) is 1.35. The largest absolute Gasteiger partial charge is 0.493 e. The number of alkyl halides is 3. The average Bonchev–Trinajstić information content (AvgIpc) is 2.66. The lowest BCUT2D eigenvalue weighted by Gasteiger charge is -2.14. The van der Waals surface area contributed by atoms with E-state index >= 15 is 0 Å². The highest BCUT2D eigenvalue weighted by Crippen LogP contribution is 2.34. The average molecular weight is 397 g/mol. The number of benzene rings is 2. The lowest BCUT2D eigenvalue weighted by atomic mass is 10.1. The highest BCUT2D eigenvalue weighted by molar-refractivity contribution is 5.96. The summed E-state index contributed by atoms with van der Waals surface area (Å²) in [5.74, 6) is -0.991. The summed E-state index contributed by atoms with van der Waals surface area (Å²) >= 11 is 0. The van der Waals surface area contributed by atoms with Crippen molar-refractivity contribution in [3.05, 3.63) is 53.6 Å². The predicted molar refractivity (Wildman–Crippen MR) is 94.5 cm³/mol. The molecule has 0 atom stereocenters. The second-order valence-electron chi connectivity index (χ2n) is 5.47. The molecule has 2 aromatic rings. The number of ether oxygens (including phenoxy) is 3. The van der Waals surface area contributed by atoms with Gasteiger partial charge in [-0.15, -0.1) is 0 Å². The fourth-order valence-electron chi connectivity index (χ4n) is 2.31. The number of carbonyl (C=O) groups excluding carboxylic acids is 2. The number of nitrogens with one attached hydrogen (secondary N) is 1. The third-order valence-corrected chi connectivity index (χ3v) is 3.54. The van der Waals surface area contributed by atoms with Gasteiger partial charge in [-0.05, 0) is 37.3 Å². The van der Waals surface area contributed by atoms with Crippen molar-refractivity contribution in [2.75, 3.05) is 25.6 Å². The number of carbonyl (C=O) groups is 2. The molecule has 9 heteroatoms. The summed E-state index contributed by atoms with van der Waals surface area (Å²) in [7, 11) is 1.44. The van der Waals surface area contributed by atoms with Crippen LogP contribution in [0.2, 0.25) is 0 Å². The molecular formula is C19H18F3NO5. The van der Waals surface area contributed by atoms with Crippen LogP contribution in [0.15, 0.2) is 42.5 Å². The molecule has 1 N–H and O–H groups in total. The molecule has 2 aromatic carbocycles. The molecule has 0 unspecified atom stereocenters. The highest BCUT2D eigenvalue weighted by Gasteiger charge is 2.33. The Balaban J connectivity index is 2.02. The molecule has 0 saturated heterocycles. The number of methoxy groups -OCH3 is 1. The van der Waals surface area contributed by atoms with E-state index in [9.17, 15) is 22.8 Å². The molecule has 0 heterocycles. The van der Waals surface area contributed by atoms with E-state index in [1.54, 1.807) is 6.92 Å². The summed E-state index contributed by atoms with van der Waals surface area (Å²) in [5.41, 5.74) is -1.31. The Kier molecular flexibility index (Phi) is 6.86. The Hall–Kier alpha value is -3.23. The van der Waals surface area contributed by atoms with Crippen molar-refractivity contribution in [3.63, 3.8) is 0 Å². The topological polar surface area (TPSA) is 73.9 Å². The third kappa shape index (κ3) is 5.38. The van der Waals surface area contributed by atoms with E-state index in [2.05, 4.69) is 5.32 Å². The van der Waals surface area contributed by atoms with Crippen molar-refractivity contribution in [1.82, 2.24) is 0 Å². The van der Waals surface area contributed by atoms with Gasteiger partial charge in [-0.1, -0.05) is 12.1 Å². The van der Waals surface area contributed by atoms with Crippen LogP contribution in [-0.2, 0) is 15.7 Å². The lowest BCUT2D eigenvalue weighted by Crippen LogP contribution is -2.22. The molecule has 28 heavy (non-hydrogen) atoms. The molecule has 0 saturated carbocycles. The zero-order chi connectivity index (χ0) is 20.7. The normalized spacial score (nSPS) is 10.9. The monoisotopic (exact) mass is 397 g/mol. The molecule has 150 valence electrons. The van der Waals surface area contributed by atoms with Crippen molar-refractivity contribution >= 4 is 17.6 Å². The van der Waals surface area contributed by atoms with Gasteiger partial charge in [0.15, 0.2) is 18.1 Å². The van der Waals surface area contributed by atoms with Crippen molar-refractivity contribution in [2.24, 2.45) is 0 Å². The van der Waals surface area contributed by atoms with Gasteiger partial charge in [0.1, 0.15) is 0 Å². The van der Waals surface area contributed by atoms with Crippen LogP contribution in [0.25, 0.3) is 0 Å². The fraction of sp³-hybridized carbons (Fsp3) is 0.263. The van der Waals surface area contributed by atoms with E-state index in [1.807, 2.05) is 0 Å². The number of hydrogen-bond acceptors (Lipinski definition) is 5. The Morgan fingerprint density at radius 1 is 1.07 bits per heavy atom. The van der Waals surface area contributed by atoms with E-state index < -0.39 is 35.9 Å². The summed E-state index contributed by atoms with van der Waals surface area (Å²) in [4.78, 5) is 24.0. The molecule has 0 bridgehead atoms. The van der Waals surface area contributed by atoms with Crippen molar-refractivity contribution in [1.29, 1.82) is 0 Å². The third-order valence-electron chi connectivity index (χ3n) is 3.54. The molecule has 0 spiro atoms. The Morgan fingerprint density at radius 2 is 1.79 bits per heavy atom. The number of para-hydroxylation sites is 1. The molecular weight excluding hydrogens is 379 g/mol. The van der Waals surface area contributed by atoms with Crippen LogP contribution >= 0.6 is 0 Å². The molecule has 0 radical (unpaired) electrons. The lowest BCUT2D eigenvalue weighted by molar-refractivity contribution is -0.137. The molecule has 0 aliphatic heterocycles. The quantitative estimate of drug-likeness (QED) is 0.717. The molecule has 1 amide bonds. The minimum absolute atomic E-state index is 0.104. The van der Waals surface area contributed by atoms with Gasteiger partial charge in [-0.3, -0.25) is 4.79 Å². The van der Waals surface area contributed by atoms with Crippen LogP contribution in [0.1, 0.15) is 22.8 Å². The van der Waals surface area contributed by atoms with Gasteiger partial charge in [0.25, 0.3) is 5.91 Å². The number of rotatable bonds is 7. The van der Waals surface area contributed by atoms with Crippen LogP contribution in [0.3, 0.4) is 0 Å². The zero-order valence-electron chi connectivity index (χ0n) is 15.1. The number of halogens is 3. The van der Waals surface area contributed by atoms with Gasteiger partial charge >= 0.3 is 12.1 Å².